The summed E-state index contributed by atoms with van der Waals surface area (Å²) < 4.78 is 14.3. The van der Waals surface area contributed by atoms with Gasteiger partial charge in [0.25, 0.3) is 0 Å². The Labute approximate surface area is 144 Å². The minimum absolute atomic E-state index is 0.0652. The highest BCUT2D eigenvalue weighted by molar-refractivity contribution is 7.10. The van der Waals surface area contributed by atoms with E-state index in [-0.39, 0.29) is 17.6 Å². The minimum Gasteiger partial charge on any atom is -0.352 e. The molecule has 4 rings (SSSR count). The fraction of sp³-hybridized carbons (Fsp3) is 0.471. The fourth-order valence-corrected chi connectivity index (χ4v) is 4.25. The van der Waals surface area contributed by atoms with Gasteiger partial charge < -0.3 is 9.80 Å². The number of hydrogen-bond acceptors (Lipinski definition) is 5. The molecule has 126 valence electrons. The highest BCUT2D eigenvalue weighted by Gasteiger charge is 2.38. The Balaban J connectivity index is 1.40. The zero-order valence-corrected chi connectivity index (χ0v) is 14.4. The summed E-state index contributed by atoms with van der Waals surface area (Å²) >= 11 is 1.77. The van der Waals surface area contributed by atoms with E-state index in [2.05, 4.69) is 21.4 Å². The lowest BCUT2D eigenvalue weighted by molar-refractivity contribution is -0.137. The van der Waals surface area contributed by atoms with Crippen molar-refractivity contribution < 1.29 is 9.18 Å². The number of rotatable bonds is 3. The Kier molecular flexibility index (Phi) is 3.96. The largest absolute Gasteiger partial charge is 0.352 e. The summed E-state index contributed by atoms with van der Waals surface area (Å²) in [6.45, 7) is 4.42. The van der Waals surface area contributed by atoms with Crippen LogP contribution in [0.1, 0.15) is 23.1 Å². The number of nitrogens with zero attached hydrogens (tertiary/aromatic N) is 4. The lowest BCUT2D eigenvalue weighted by atomic mass is 9.96. The maximum atomic E-state index is 14.3. The van der Waals surface area contributed by atoms with Crippen LogP contribution in [0.25, 0.3) is 0 Å². The SMILES string of the molecule is CCc1ncnc(N2CC(C(=O)N3CCc4sccc4C3)C2)c1F. The van der Waals surface area contributed by atoms with Crippen LogP contribution in [0.4, 0.5) is 10.2 Å². The van der Waals surface area contributed by atoms with Gasteiger partial charge in [-0.1, -0.05) is 6.92 Å². The van der Waals surface area contributed by atoms with Crippen molar-refractivity contribution in [2.24, 2.45) is 5.92 Å². The number of halogens is 1. The molecule has 0 aliphatic carbocycles. The smallest absolute Gasteiger partial charge is 0.229 e. The topological polar surface area (TPSA) is 49.3 Å². The second-order valence-electron chi connectivity index (χ2n) is 6.29. The first-order chi connectivity index (χ1) is 11.7. The van der Waals surface area contributed by atoms with Crippen molar-refractivity contribution in [2.75, 3.05) is 24.5 Å². The molecule has 2 aromatic heterocycles. The van der Waals surface area contributed by atoms with E-state index in [9.17, 15) is 9.18 Å². The van der Waals surface area contributed by atoms with Crippen LogP contribution in [-0.2, 0) is 24.2 Å². The third-order valence-electron chi connectivity index (χ3n) is 4.83. The van der Waals surface area contributed by atoms with Crippen molar-refractivity contribution in [1.82, 2.24) is 14.9 Å². The first-order valence-corrected chi connectivity index (χ1v) is 9.13. The molecule has 2 aromatic rings. The second-order valence-corrected chi connectivity index (χ2v) is 7.29. The molecule has 0 unspecified atom stereocenters. The van der Waals surface area contributed by atoms with Gasteiger partial charge in [0, 0.05) is 31.1 Å². The van der Waals surface area contributed by atoms with Gasteiger partial charge in [-0.15, -0.1) is 11.3 Å². The molecule has 7 heteroatoms. The number of anilines is 1. The van der Waals surface area contributed by atoms with Crippen molar-refractivity contribution >= 4 is 23.1 Å². The van der Waals surface area contributed by atoms with E-state index in [0.29, 0.717) is 37.6 Å². The van der Waals surface area contributed by atoms with Gasteiger partial charge >= 0.3 is 0 Å². The van der Waals surface area contributed by atoms with Gasteiger partial charge in [0.2, 0.25) is 5.91 Å². The Morgan fingerprint density at radius 3 is 3.04 bits per heavy atom. The minimum atomic E-state index is -0.355. The normalized spacial score (nSPS) is 17.6. The third kappa shape index (κ3) is 2.56. The number of amides is 1. The van der Waals surface area contributed by atoms with Gasteiger partial charge in [0.1, 0.15) is 6.33 Å². The second kappa shape index (κ2) is 6.12. The molecule has 0 saturated carbocycles. The van der Waals surface area contributed by atoms with Crippen molar-refractivity contribution in [1.29, 1.82) is 0 Å². The first-order valence-electron chi connectivity index (χ1n) is 8.25. The van der Waals surface area contributed by atoms with Crippen LogP contribution in [0.5, 0.6) is 0 Å². The molecule has 0 atom stereocenters. The number of hydrogen-bond donors (Lipinski definition) is 0. The molecular formula is C17H19FN4OS. The highest BCUT2D eigenvalue weighted by Crippen LogP contribution is 2.30. The number of carbonyl (C=O) groups excluding carboxylic acids is 1. The Morgan fingerprint density at radius 1 is 1.42 bits per heavy atom. The molecule has 1 amide bonds. The van der Waals surface area contributed by atoms with Crippen LogP contribution in [0.2, 0.25) is 0 Å². The highest BCUT2D eigenvalue weighted by atomic mass is 32.1. The molecule has 5 nitrogen and oxygen atoms in total. The lowest BCUT2D eigenvalue weighted by Gasteiger charge is -2.42. The molecule has 1 fully saturated rings. The molecular weight excluding hydrogens is 327 g/mol. The molecule has 0 N–H and O–H groups in total. The van der Waals surface area contributed by atoms with E-state index >= 15 is 0 Å². The molecule has 2 aliphatic heterocycles. The van der Waals surface area contributed by atoms with Crippen molar-refractivity contribution in [3.63, 3.8) is 0 Å². The zero-order valence-electron chi connectivity index (χ0n) is 13.5. The summed E-state index contributed by atoms with van der Waals surface area (Å²) in [5, 5.41) is 2.09. The standard InChI is InChI=1S/C17H19FN4OS/c1-2-13-15(18)16(20-10-19-13)22-8-12(9-22)17(23)21-5-3-14-11(7-21)4-6-24-14/h4,6,10,12H,2-3,5,7-9H2,1H3. The molecule has 0 spiro atoms. The van der Waals surface area contributed by atoms with E-state index in [0.717, 1.165) is 13.0 Å². The fourth-order valence-electron chi connectivity index (χ4n) is 3.37. The van der Waals surface area contributed by atoms with Gasteiger partial charge in [0.15, 0.2) is 11.6 Å². The summed E-state index contributed by atoms with van der Waals surface area (Å²) in [6, 6.07) is 2.11. The number of carbonyl (C=O) groups is 1. The molecule has 2 aliphatic rings. The van der Waals surface area contributed by atoms with Gasteiger partial charge in [-0.25, -0.2) is 14.4 Å². The van der Waals surface area contributed by atoms with Crippen LogP contribution < -0.4 is 4.90 Å². The Bertz CT molecular complexity index is 772. The summed E-state index contributed by atoms with van der Waals surface area (Å²) in [4.78, 5) is 25.8. The van der Waals surface area contributed by atoms with Crippen LogP contribution in [0.3, 0.4) is 0 Å². The van der Waals surface area contributed by atoms with Crippen molar-refractivity contribution in [2.45, 2.75) is 26.3 Å². The average Bonchev–Trinajstić information content (AvgIpc) is 3.02. The molecule has 4 heterocycles. The maximum absolute atomic E-state index is 14.3. The quantitative estimate of drug-likeness (QED) is 0.855. The van der Waals surface area contributed by atoms with E-state index in [1.54, 1.807) is 11.3 Å². The van der Waals surface area contributed by atoms with Crippen LogP contribution in [0.15, 0.2) is 17.8 Å². The zero-order chi connectivity index (χ0) is 16.7. The maximum Gasteiger partial charge on any atom is 0.229 e. The van der Waals surface area contributed by atoms with Gasteiger partial charge in [-0.2, -0.15) is 0 Å². The number of thiophene rings is 1. The van der Waals surface area contributed by atoms with Gasteiger partial charge in [-0.3, -0.25) is 4.79 Å². The first kappa shape index (κ1) is 15.5. The van der Waals surface area contributed by atoms with Crippen LogP contribution >= 0.6 is 11.3 Å². The summed E-state index contributed by atoms with van der Waals surface area (Å²) in [5.41, 5.74) is 1.70. The number of aryl methyl sites for hydroxylation is 1. The number of aromatic nitrogens is 2. The lowest BCUT2D eigenvalue weighted by Crippen LogP contribution is -2.55. The Hall–Kier alpha value is -2.02. The average molecular weight is 346 g/mol. The van der Waals surface area contributed by atoms with E-state index in [4.69, 9.17) is 0 Å². The predicted octanol–water partition coefficient (Wildman–Crippen LogP) is 2.26. The van der Waals surface area contributed by atoms with Gasteiger partial charge in [-0.05, 0) is 29.9 Å². The number of fused-ring (bicyclic) bond motifs is 1. The summed E-state index contributed by atoms with van der Waals surface area (Å²) in [5.74, 6) is 0.0781. The molecule has 24 heavy (non-hydrogen) atoms. The van der Waals surface area contributed by atoms with E-state index < -0.39 is 0 Å². The molecule has 0 radical (unpaired) electrons. The third-order valence-corrected chi connectivity index (χ3v) is 5.85. The molecule has 0 bridgehead atoms. The summed E-state index contributed by atoms with van der Waals surface area (Å²) in [6.07, 6.45) is 2.87. The summed E-state index contributed by atoms with van der Waals surface area (Å²) in [7, 11) is 0. The Morgan fingerprint density at radius 2 is 2.25 bits per heavy atom. The van der Waals surface area contributed by atoms with Crippen LogP contribution in [0, 0.1) is 11.7 Å². The molecule has 0 aromatic carbocycles. The van der Waals surface area contributed by atoms with Crippen molar-refractivity contribution in [3.8, 4) is 0 Å². The monoisotopic (exact) mass is 346 g/mol. The van der Waals surface area contributed by atoms with Crippen LogP contribution in [-0.4, -0.2) is 40.4 Å². The predicted molar refractivity (Wildman–Crippen MR) is 90.5 cm³/mol. The van der Waals surface area contributed by atoms with E-state index in [1.807, 2.05) is 16.7 Å². The molecule has 1 saturated heterocycles. The van der Waals surface area contributed by atoms with E-state index in [1.165, 1.54) is 16.8 Å². The van der Waals surface area contributed by atoms with Crippen molar-refractivity contribution in [3.05, 3.63) is 39.7 Å². The van der Waals surface area contributed by atoms with Gasteiger partial charge in [0.05, 0.1) is 11.6 Å².